The minimum absolute atomic E-state index is 0.0286. The number of amides is 6. The Morgan fingerprint density at radius 1 is 0.630 bits per heavy atom. The third-order valence-corrected chi connectivity index (χ3v) is 15.0. The van der Waals surface area contributed by atoms with Gasteiger partial charge in [-0.1, -0.05) is 69.0 Å². The fraction of sp³-hybridized carbons (Fsp3) is 0.554. The van der Waals surface area contributed by atoms with Crippen molar-refractivity contribution in [1.82, 2.24) is 52.1 Å². The van der Waals surface area contributed by atoms with Crippen LogP contribution in [0.15, 0.2) is 69.6 Å². The number of carbonyl (C=O) groups is 7. The summed E-state index contributed by atoms with van der Waals surface area (Å²) >= 11 is 16.4. The molecule has 21 nitrogen and oxygen atoms in total. The third kappa shape index (κ3) is 20.2. The number of hydrogen-bond donors (Lipinski definition) is 9. The van der Waals surface area contributed by atoms with Crippen molar-refractivity contribution < 1.29 is 53.6 Å². The molecule has 2 aromatic heterocycles. The number of aliphatic carboxylic acids is 1. The van der Waals surface area contributed by atoms with Crippen LogP contribution in [0.3, 0.4) is 0 Å². The number of ether oxygens (including phenoxy) is 1. The van der Waals surface area contributed by atoms with Gasteiger partial charge in [0.1, 0.15) is 35.9 Å². The van der Waals surface area contributed by atoms with Gasteiger partial charge in [0.25, 0.3) is 11.8 Å². The molecule has 4 heterocycles. The number of aliphatic hydroxyl groups is 2. The number of fused-ring (bicyclic) bond motifs is 2. The summed E-state index contributed by atoms with van der Waals surface area (Å²) in [4.78, 5) is 95.3. The molecule has 0 unspecified atom stereocenters. The number of nitrogens with zero attached hydrogens (tertiary/aromatic N) is 4. The number of nitrogens with one attached hydrogen (secondary N) is 6. The van der Waals surface area contributed by atoms with Crippen molar-refractivity contribution in [2.45, 2.75) is 167 Å². The second kappa shape index (κ2) is 31.4. The molecule has 8 rings (SSSR count). The number of alkyl carbamates (subject to hydrolysis) is 1. The first-order chi connectivity index (χ1) is 38.3. The number of rotatable bonds is 14. The zero-order chi connectivity index (χ0) is 59.7. The van der Waals surface area contributed by atoms with Gasteiger partial charge in [0, 0.05) is 32.8 Å². The number of benzene rings is 2. The number of hydrazine groups is 2. The van der Waals surface area contributed by atoms with Gasteiger partial charge in [0.05, 0.1) is 39.8 Å². The molecule has 4 aromatic rings. The van der Waals surface area contributed by atoms with E-state index in [1.165, 1.54) is 10.0 Å². The Morgan fingerprint density at radius 3 is 1.40 bits per heavy atom. The van der Waals surface area contributed by atoms with Crippen LogP contribution in [-0.2, 0) is 33.5 Å². The topological polar surface area (TPSA) is 294 Å². The van der Waals surface area contributed by atoms with E-state index in [0.29, 0.717) is 38.8 Å². The number of alkyl halides is 2. The highest BCUT2D eigenvalue weighted by molar-refractivity contribution is 9.10. The van der Waals surface area contributed by atoms with Gasteiger partial charge >= 0.3 is 12.1 Å². The standard InChI is InChI=1S/C25H32BrN5O4.C24H32BrN5O4.C6H10O3.CH2Cl2/c1-14(19-11-9-16-8-10-18(26)13-21(16)29-19)27-23(33)20-7-4-12-31(30-20)25(35)15(2)28-24(34)22(32)17-5-3-6-17;1-14(18-11-9-16-8-10-17(25)13-20(16)28-18)26-21(31)19-7-6-12-30(29-19)22(32)15(2)27-23(33)34-24(3,4)5;7-5(6(8)9)4-2-1-3-4;2-1-3/h8-11,13-15,17,20,22,30,32H,3-7,12H2,1-2H3,(H,27,33)(H,28,34);8-11,13-15,19,29H,6-7,12H2,1-5H3,(H,26,31)(H,27,33);4-5,7H,1-3H2,(H,8,9);1H2/t14-,15+,20+,22+;14-,15+,19+;5-;/m110./s1. The van der Waals surface area contributed by atoms with Crippen molar-refractivity contribution in [2.75, 3.05) is 18.4 Å². The monoisotopic (exact) mass is 1290 g/mol. The molecule has 0 bridgehead atoms. The first-order valence-corrected chi connectivity index (χ1v) is 29.8. The number of carbonyl (C=O) groups excluding carboxylic acids is 6. The lowest BCUT2D eigenvalue weighted by molar-refractivity contribution is -0.151. The van der Waals surface area contributed by atoms with E-state index < -0.39 is 59.9 Å². The van der Waals surface area contributed by atoms with Gasteiger partial charge in [0.15, 0.2) is 6.10 Å². The van der Waals surface area contributed by atoms with E-state index >= 15 is 0 Å². The lowest BCUT2D eigenvalue weighted by Gasteiger charge is -2.35. The summed E-state index contributed by atoms with van der Waals surface area (Å²) in [5.74, 6) is -2.71. The number of pyridine rings is 2. The molecule has 0 spiro atoms. The molecule has 444 valence electrons. The van der Waals surface area contributed by atoms with Crippen molar-refractivity contribution in [3.63, 3.8) is 0 Å². The molecule has 4 aliphatic rings. The summed E-state index contributed by atoms with van der Waals surface area (Å²) in [6.07, 6.45) is 5.09. The molecule has 2 saturated heterocycles. The van der Waals surface area contributed by atoms with Crippen molar-refractivity contribution in [2.24, 2.45) is 11.8 Å². The number of hydrogen-bond acceptors (Lipinski definition) is 14. The van der Waals surface area contributed by atoms with Crippen LogP contribution in [0.4, 0.5) is 4.79 Å². The number of halogens is 4. The van der Waals surface area contributed by atoms with Gasteiger partial charge in [-0.2, -0.15) is 0 Å². The lowest BCUT2D eigenvalue weighted by atomic mass is 9.81. The minimum atomic E-state index is -1.11. The summed E-state index contributed by atoms with van der Waals surface area (Å²) < 4.78 is 7.08. The maximum Gasteiger partial charge on any atom is 0.408 e. The average molecular weight is 1300 g/mol. The van der Waals surface area contributed by atoms with Crippen LogP contribution < -0.4 is 32.1 Å². The van der Waals surface area contributed by atoms with Gasteiger partial charge in [-0.25, -0.2) is 20.4 Å². The number of aliphatic hydroxyl groups excluding tert-OH is 2. The van der Waals surface area contributed by atoms with E-state index in [4.69, 9.17) is 38.2 Å². The molecule has 2 saturated carbocycles. The lowest BCUT2D eigenvalue weighted by Crippen LogP contribution is -2.61. The van der Waals surface area contributed by atoms with E-state index in [1.807, 2.05) is 74.5 Å². The maximum atomic E-state index is 13.0. The Hall–Kier alpha value is -5.27. The summed E-state index contributed by atoms with van der Waals surface area (Å²) in [5.41, 5.74) is 8.52. The molecule has 8 atom stereocenters. The largest absolute Gasteiger partial charge is 0.479 e. The molecule has 81 heavy (non-hydrogen) atoms. The number of aromatic nitrogens is 2. The van der Waals surface area contributed by atoms with Crippen LogP contribution in [0.5, 0.6) is 0 Å². The summed E-state index contributed by atoms with van der Waals surface area (Å²) in [5, 5.41) is 43.4. The Balaban J connectivity index is 0.000000247. The molecule has 4 fully saturated rings. The van der Waals surface area contributed by atoms with Gasteiger partial charge in [0.2, 0.25) is 17.7 Å². The minimum Gasteiger partial charge on any atom is -0.479 e. The Kier molecular flexibility index (Phi) is 25.8. The zero-order valence-corrected chi connectivity index (χ0v) is 51.3. The number of carboxylic acid groups (broad SMARTS) is 1. The Bertz CT molecular complexity index is 2830. The van der Waals surface area contributed by atoms with Gasteiger partial charge in [-0.05, 0) is 148 Å². The first kappa shape index (κ1) is 66.5. The van der Waals surface area contributed by atoms with Gasteiger partial charge in [-0.15, -0.1) is 23.2 Å². The van der Waals surface area contributed by atoms with E-state index in [9.17, 15) is 38.7 Å². The Morgan fingerprint density at radius 2 is 1.02 bits per heavy atom. The molecule has 2 aliphatic carbocycles. The van der Waals surface area contributed by atoms with Crippen LogP contribution in [0.2, 0.25) is 0 Å². The van der Waals surface area contributed by atoms with E-state index in [-0.39, 0.29) is 52.9 Å². The smallest absolute Gasteiger partial charge is 0.408 e. The SMILES string of the molecule is C[C@H](NC(=O)OC(C)(C)C)C(=O)N1CCC[C@@H](C(=O)N[C@H](C)c2ccc3ccc(Br)cc3n2)N1.C[C@H](NC(=O)[C@@H](O)C1CCC1)C(=O)N1CCC[C@@H](C(=O)N[C@H](C)c2ccc3ccc(Br)cc3n2)N1.ClCCl.O=C(O)[C@@H](O)C1CCC1. The predicted molar refractivity (Wildman–Crippen MR) is 315 cm³/mol. The van der Waals surface area contributed by atoms with E-state index in [1.54, 1.807) is 34.6 Å². The average Bonchev–Trinajstić information content (AvgIpc) is 3.40. The summed E-state index contributed by atoms with van der Waals surface area (Å²) in [6, 6.07) is 16.1. The van der Waals surface area contributed by atoms with Crippen LogP contribution >= 0.6 is 55.1 Å². The fourth-order valence-corrected chi connectivity index (χ4v) is 9.74. The molecule has 2 aliphatic heterocycles. The molecule has 9 N–H and O–H groups in total. The highest BCUT2D eigenvalue weighted by atomic mass is 79.9. The zero-order valence-electron chi connectivity index (χ0n) is 46.6. The summed E-state index contributed by atoms with van der Waals surface area (Å²) in [6.45, 7) is 13.1. The quantitative estimate of drug-likeness (QED) is 0.0550. The highest BCUT2D eigenvalue weighted by Gasteiger charge is 2.36. The maximum absolute atomic E-state index is 13.0. The van der Waals surface area contributed by atoms with Crippen molar-refractivity contribution in [1.29, 1.82) is 0 Å². The van der Waals surface area contributed by atoms with Crippen molar-refractivity contribution >= 4 is 118 Å². The normalized spacial score (nSPS) is 19.5. The highest BCUT2D eigenvalue weighted by Crippen LogP contribution is 2.31. The van der Waals surface area contributed by atoms with E-state index in [2.05, 4.69) is 73.9 Å². The summed E-state index contributed by atoms with van der Waals surface area (Å²) in [7, 11) is 0. The molecular formula is C56H76Br2Cl2N10O11. The predicted octanol–water partition coefficient (Wildman–Crippen LogP) is 7.57. The Labute approximate surface area is 499 Å². The second-order valence-corrected chi connectivity index (χ2v) is 24.2. The van der Waals surface area contributed by atoms with Crippen LogP contribution in [0, 0.1) is 11.8 Å². The van der Waals surface area contributed by atoms with Crippen LogP contribution in [-0.4, -0.2) is 137 Å². The molecule has 0 radical (unpaired) electrons. The number of carboxylic acids is 1. The van der Waals surface area contributed by atoms with Gasteiger partial charge in [-0.3, -0.25) is 44.0 Å². The second-order valence-electron chi connectivity index (χ2n) is 21.5. The fourth-order valence-electron chi connectivity index (χ4n) is 9.04. The molecule has 25 heteroatoms. The third-order valence-electron chi connectivity index (χ3n) is 14.0. The van der Waals surface area contributed by atoms with Crippen molar-refractivity contribution in [3.05, 3.63) is 81.0 Å². The molecule has 2 aromatic carbocycles. The van der Waals surface area contributed by atoms with Crippen LogP contribution in [0.25, 0.3) is 21.8 Å². The van der Waals surface area contributed by atoms with E-state index in [0.717, 1.165) is 80.7 Å². The van der Waals surface area contributed by atoms with Crippen molar-refractivity contribution in [3.8, 4) is 0 Å². The molecular weight excluding hydrogens is 1220 g/mol. The molecule has 6 amide bonds. The first-order valence-electron chi connectivity index (χ1n) is 27.2. The van der Waals surface area contributed by atoms with Crippen LogP contribution in [0.1, 0.15) is 136 Å². The van der Waals surface area contributed by atoms with Gasteiger partial charge < -0.3 is 41.3 Å².